The van der Waals surface area contributed by atoms with Crippen LogP contribution in [0.15, 0.2) is 21.6 Å². The lowest BCUT2D eigenvalue weighted by atomic mass is 10.2. The number of sulfonamides is 1. The molecule has 0 radical (unpaired) electrons. The fraction of sp³-hybridized carbons (Fsp3) is 0.636. The van der Waals surface area contributed by atoms with Gasteiger partial charge < -0.3 is 9.52 Å². The monoisotopic (exact) mass is 259 g/mol. The van der Waals surface area contributed by atoms with E-state index >= 15 is 0 Å². The highest BCUT2D eigenvalue weighted by Gasteiger charge is 2.37. The fourth-order valence-electron chi connectivity index (χ4n) is 1.82. The Kier molecular flexibility index (Phi) is 3.29. The first kappa shape index (κ1) is 12.6. The predicted molar refractivity (Wildman–Crippen MR) is 61.8 cm³/mol. The highest BCUT2D eigenvalue weighted by molar-refractivity contribution is 7.89. The van der Waals surface area contributed by atoms with Crippen LogP contribution in [0.3, 0.4) is 0 Å². The van der Waals surface area contributed by atoms with Gasteiger partial charge in [0.25, 0.3) is 10.0 Å². The van der Waals surface area contributed by atoms with Crippen molar-refractivity contribution in [2.24, 2.45) is 5.92 Å². The van der Waals surface area contributed by atoms with Gasteiger partial charge in [-0.1, -0.05) is 0 Å². The van der Waals surface area contributed by atoms with Gasteiger partial charge in [0.2, 0.25) is 5.09 Å². The maximum Gasteiger partial charge on any atom is 0.276 e. The Morgan fingerprint density at radius 1 is 1.53 bits per heavy atom. The summed E-state index contributed by atoms with van der Waals surface area (Å²) in [5.74, 6) is 0.720. The van der Waals surface area contributed by atoms with Crippen LogP contribution in [0.1, 0.15) is 25.5 Å². The molecule has 1 heterocycles. The van der Waals surface area contributed by atoms with E-state index in [1.165, 1.54) is 16.4 Å². The van der Waals surface area contributed by atoms with Gasteiger partial charge in [-0.3, -0.25) is 0 Å². The molecule has 1 aromatic heterocycles. The number of aliphatic hydroxyl groups excluding tert-OH is 1. The summed E-state index contributed by atoms with van der Waals surface area (Å²) in [5.41, 5.74) is 0. The molecule has 0 bridgehead atoms. The second-order valence-electron chi connectivity index (χ2n) is 4.48. The zero-order valence-electron chi connectivity index (χ0n) is 9.96. The van der Waals surface area contributed by atoms with Crippen LogP contribution in [-0.4, -0.2) is 30.9 Å². The van der Waals surface area contributed by atoms with Gasteiger partial charge in [-0.25, -0.2) is 8.42 Å². The minimum atomic E-state index is -3.58. The average molecular weight is 259 g/mol. The highest BCUT2D eigenvalue weighted by atomic mass is 32.2. The van der Waals surface area contributed by atoms with E-state index in [9.17, 15) is 8.42 Å². The standard InChI is InChI=1S/C11H17NO4S/c1-8(9-3-4-9)12(2)17(14,15)11-6-5-10(7-13)16-11/h5-6,8-9,13H,3-4,7H2,1-2H3. The molecule has 6 heteroatoms. The highest BCUT2D eigenvalue weighted by Crippen LogP contribution is 2.36. The van der Waals surface area contributed by atoms with Crippen LogP contribution in [-0.2, 0) is 16.6 Å². The molecule has 0 amide bonds. The Morgan fingerprint density at radius 2 is 2.18 bits per heavy atom. The van der Waals surface area contributed by atoms with E-state index in [-0.39, 0.29) is 23.5 Å². The minimum absolute atomic E-state index is 0.0114. The summed E-state index contributed by atoms with van der Waals surface area (Å²) in [7, 11) is -2.01. The largest absolute Gasteiger partial charge is 0.446 e. The van der Waals surface area contributed by atoms with Crippen LogP contribution in [0.25, 0.3) is 0 Å². The predicted octanol–water partition coefficient (Wildman–Crippen LogP) is 1.19. The van der Waals surface area contributed by atoms with Crippen molar-refractivity contribution in [2.45, 2.75) is 37.5 Å². The van der Waals surface area contributed by atoms with Crippen molar-refractivity contribution in [1.29, 1.82) is 0 Å². The lowest BCUT2D eigenvalue weighted by molar-refractivity contribution is 0.234. The molecule has 1 fully saturated rings. The molecule has 0 aliphatic heterocycles. The Labute approximate surface area is 101 Å². The zero-order chi connectivity index (χ0) is 12.6. The fourth-order valence-corrected chi connectivity index (χ4v) is 3.16. The number of aliphatic hydroxyl groups is 1. The Balaban J connectivity index is 2.22. The molecule has 1 aliphatic carbocycles. The van der Waals surface area contributed by atoms with Crippen LogP contribution in [0.4, 0.5) is 0 Å². The van der Waals surface area contributed by atoms with E-state index in [0.717, 1.165) is 12.8 Å². The Hall–Kier alpha value is -0.850. The van der Waals surface area contributed by atoms with E-state index in [4.69, 9.17) is 9.52 Å². The van der Waals surface area contributed by atoms with Crippen molar-refractivity contribution in [1.82, 2.24) is 4.31 Å². The first-order chi connectivity index (χ1) is 7.96. The minimum Gasteiger partial charge on any atom is -0.446 e. The quantitative estimate of drug-likeness (QED) is 0.862. The molecule has 17 heavy (non-hydrogen) atoms. The third-order valence-corrected chi connectivity index (χ3v) is 5.12. The summed E-state index contributed by atoms with van der Waals surface area (Å²) in [6, 6.07) is 2.85. The van der Waals surface area contributed by atoms with Crippen molar-refractivity contribution in [3.63, 3.8) is 0 Å². The Bertz CT molecular complexity index is 489. The lowest BCUT2D eigenvalue weighted by Crippen LogP contribution is -2.36. The van der Waals surface area contributed by atoms with Crippen LogP contribution in [0, 0.1) is 5.92 Å². The number of rotatable bonds is 5. The summed E-state index contributed by atoms with van der Waals surface area (Å²) in [6.45, 7) is 1.61. The van der Waals surface area contributed by atoms with E-state index in [2.05, 4.69) is 0 Å². The summed E-state index contributed by atoms with van der Waals surface area (Å²) in [5, 5.41) is 8.76. The van der Waals surface area contributed by atoms with E-state index < -0.39 is 10.0 Å². The molecule has 1 atom stereocenters. The molecule has 0 spiro atoms. The van der Waals surface area contributed by atoms with Gasteiger partial charge in [-0.2, -0.15) is 4.31 Å². The molecule has 0 aromatic carbocycles. The number of furan rings is 1. The second-order valence-corrected chi connectivity index (χ2v) is 6.41. The van der Waals surface area contributed by atoms with Gasteiger partial charge in [0, 0.05) is 13.1 Å². The maximum atomic E-state index is 12.2. The van der Waals surface area contributed by atoms with Gasteiger partial charge >= 0.3 is 0 Å². The van der Waals surface area contributed by atoms with Crippen molar-refractivity contribution in [2.75, 3.05) is 7.05 Å². The summed E-state index contributed by atoms with van der Waals surface area (Å²) in [6.07, 6.45) is 2.17. The van der Waals surface area contributed by atoms with Crippen LogP contribution >= 0.6 is 0 Å². The van der Waals surface area contributed by atoms with Crippen molar-refractivity contribution in [3.8, 4) is 0 Å². The smallest absolute Gasteiger partial charge is 0.276 e. The molecule has 0 saturated heterocycles. The Morgan fingerprint density at radius 3 is 2.65 bits per heavy atom. The molecule has 1 aromatic rings. The van der Waals surface area contributed by atoms with Crippen LogP contribution in [0.2, 0.25) is 0 Å². The number of hydrogen-bond donors (Lipinski definition) is 1. The summed E-state index contributed by atoms with van der Waals surface area (Å²) >= 11 is 0. The summed E-state index contributed by atoms with van der Waals surface area (Å²) < 4.78 is 30.8. The van der Waals surface area contributed by atoms with Crippen LogP contribution in [0.5, 0.6) is 0 Å². The average Bonchev–Trinajstić information content (AvgIpc) is 3.04. The maximum absolute atomic E-state index is 12.2. The van der Waals surface area contributed by atoms with Gasteiger partial charge in [0.15, 0.2) is 0 Å². The first-order valence-electron chi connectivity index (χ1n) is 5.64. The van der Waals surface area contributed by atoms with Gasteiger partial charge in [0.1, 0.15) is 12.4 Å². The van der Waals surface area contributed by atoms with E-state index in [1.54, 1.807) is 7.05 Å². The van der Waals surface area contributed by atoms with Crippen molar-refractivity contribution in [3.05, 3.63) is 17.9 Å². The molecule has 1 unspecified atom stereocenters. The SMILES string of the molecule is CC(C1CC1)N(C)S(=O)(=O)c1ccc(CO)o1. The second kappa shape index (κ2) is 4.44. The van der Waals surface area contributed by atoms with E-state index in [0.29, 0.717) is 5.92 Å². The lowest BCUT2D eigenvalue weighted by Gasteiger charge is -2.22. The molecule has 2 rings (SSSR count). The third kappa shape index (κ3) is 2.38. The molecule has 1 saturated carbocycles. The molecular weight excluding hydrogens is 242 g/mol. The van der Waals surface area contributed by atoms with E-state index in [1.807, 2.05) is 6.92 Å². The van der Waals surface area contributed by atoms with Gasteiger partial charge in [0.05, 0.1) is 0 Å². The number of nitrogens with zero attached hydrogens (tertiary/aromatic N) is 1. The number of hydrogen-bond acceptors (Lipinski definition) is 4. The van der Waals surface area contributed by atoms with Crippen molar-refractivity contribution < 1.29 is 17.9 Å². The summed E-state index contributed by atoms with van der Waals surface area (Å²) in [4.78, 5) is 0. The van der Waals surface area contributed by atoms with Gasteiger partial charge in [-0.05, 0) is 37.8 Å². The normalized spacial score (nSPS) is 18.6. The molecule has 1 N–H and O–H groups in total. The first-order valence-corrected chi connectivity index (χ1v) is 7.08. The molecule has 96 valence electrons. The molecule has 5 nitrogen and oxygen atoms in total. The molecule has 1 aliphatic rings. The van der Waals surface area contributed by atoms with Gasteiger partial charge in [-0.15, -0.1) is 0 Å². The third-order valence-electron chi connectivity index (χ3n) is 3.30. The van der Waals surface area contributed by atoms with Crippen molar-refractivity contribution >= 4 is 10.0 Å². The molecular formula is C11H17NO4S. The zero-order valence-corrected chi connectivity index (χ0v) is 10.8. The topological polar surface area (TPSA) is 70.8 Å². The van der Waals surface area contributed by atoms with Crippen LogP contribution < -0.4 is 0 Å².